The zero-order valence-electron chi connectivity index (χ0n) is 12.8. The van der Waals surface area contributed by atoms with Gasteiger partial charge in [-0.1, -0.05) is 26.8 Å². The first-order chi connectivity index (χ1) is 10.0. The van der Waals surface area contributed by atoms with E-state index in [0.717, 1.165) is 25.1 Å². The van der Waals surface area contributed by atoms with Crippen LogP contribution in [0.2, 0.25) is 0 Å². The normalized spacial score (nSPS) is 11.6. The quantitative estimate of drug-likeness (QED) is 0.830. The summed E-state index contributed by atoms with van der Waals surface area (Å²) in [7, 11) is 0. The molecule has 112 valence electrons. The fraction of sp³-hybridized carbons (Fsp3) is 0.412. The molecule has 0 amide bonds. The van der Waals surface area contributed by atoms with Gasteiger partial charge in [0.05, 0.1) is 11.1 Å². The smallest absolute Gasteiger partial charge is 0.336 e. The van der Waals surface area contributed by atoms with Gasteiger partial charge >= 0.3 is 5.97 Å². The minimum absolute atomic E-state index is 0.0467. The standard InChI is InChI=1S/C17H22N2O2/c1-4-17(5-2,6-3)19-15-11-10-12-13(16(20)21)8-7-9-14(12)18-15/h7-11H,4-6H2,1-3H3,(H,18,19)(H,20,21). The maximum Gasteiger partial charge on any atom is 0.336 e. The number of carboxylic acids is 1. The molecule has 0 radical (unpaired) electrons. The van der Waals surface area contributed by atoms with Crippen LogP contribution in [0.5, 0.6) is 0 Å². The molecule has 21 heavy (non-hydrogen) atoms. The van der Waals surface area contributed by atoms with Crippen molar-refractivity contribution in [2.75, 3.05) is 5.32 Å². The third-order valence-electron chi connectivity index (χ3n) is 4.39. The Labute approximate surface area is 125 Å². The predicted octanol–water partition coefficient (Wildman–Crippen LogP) is 4.31. The molecule has 0 saturated carbocycles. The number of fused-ring (bicyclic) bond motifs is 1. The Morgan fingerprint density at radius 1 is 1.14 bits per heavy atom. The SMILES string of the molecule is CCC(CC)(CC)Nc1ccc2c(C(=O)O)cccc2n1. The lowest BCUT2D eigenvalue weighted by molar-refractivity contribution is 0.0699. The van der Waals surface area contributed by atoms with E-state index in [9.17, 15) is 9.90 Å². The van der Waals surface area contributed by atoms with Crippen LogP contribution in [0.4, 0.5) is 5.82 Å². The molecule has 0 spiro atoms. The molecule has 0 saturated heterocycles. The molecule has 4 nitrogen and oxygen atoms in total. The Balaban J connectivity index is 2.42. The first-order valence-corrected chi connectivity index (χ1v) is 7.46. The monoisotopic (exact) mass is 286 g/mol. The van der Waals surface area contributed by atoms with E-state index in [2.05, 4.69) is 31.1 Å². The number of hydrogen-bond acceptors (Lipinski definition) is 3. The van der Waals surface area contributed by atoms with Gasteiger partial charge in [0, 0.05) is 10.9 Å². The third kappa shape index (κ3) is 2.99. The number of nitrogens with zero attached hydrogens (tertiary/aromatic N) is 1. The van der Waals surface area contributed by atoms with E-state index < -0.39 is 5.97 Å². The minimum Gasteiger partial charge on any atom is -0.478 e. The molecule has 0 bridgehead atoms. The molecule has 0 unspecified atom stereocenters. The molecule has 0 aliphatic heterocycles. The molecule has 0 aliphatic carbocycles. The van der Waals surface area contributed by atoms with E-state index in [0.29, 0.717) is 16.5 Å². The molecule has 0 atom stereocenters. The second-order valence-electron chi connectivity index (χ2n) is 5.34. The summed E-state index contributed by atoms with van der Waals surface area (Å²) in [6.45, 7) is 6.51. The second-order valence-corrected chi connectivity index (χ2v) is 5.34. The summed E-state index contributed by atoms with van der Waals surface area (Å²) in [5.41, 5.74) is 1.04. The van der Waals surface area contributed by atoms with Gasteiger partial charge in [-0.3, -0.25) is 0 Å². The Morgan fingerprint density at radius 3 is 2.38 bits per heavy atom. The van der Waals surface area contributed by atoms with Crippen molar-refractivity contribution in [2.45, 2.75) is 45.6 Å². The van der Waals surface area contributed by atoms with Gasteiger partial charge < -0.3 is 10.4 Å². The van der Waals surface area contributed by atoms with E-state index in [1.54, 1.807) is 12.1 Å². The Bertz CT molecular complexity index is 640. The average Bonchev–Trinajstić information content (AvgIpc) is 2.51. The number of rotatable bonds is 6. The number of aromatic nitrogens is 1. The number of carbonyl (C=O) groups is 1. The molecule has 0 fully saturated rings. The number of nitrogens with one attached hydrogen (secondary N) is 1. The fourth-order valence-electron chi connectivity index (χ4n) is 2.70. The third-order valence-corrected chi connectivity index (χ3v) is 4.39. The lowest BCUT2D eigenvalue weighted by Crippen LogP contribution is -2.36. The van der Waals surface area contributed by atoms with Crippen LogP contribution in [0.1, 0.15) is 50.4 Å². The molecule has 1 heterocycles. The van der Waals surface area contributed by atoms with E-state index in [4.69, 9.17) is 0 Å². The van der Waals surface area contributed by atoms with Crippen LogP contribution in [-0.2, 0) is 0 Å². The van der Waals surface area contributed by atoms with Gasteiger partial charge in [-0.25, -0.2) is 9.78 Å². The summed E-state index contributed by atoms with van der Waals surface area (Å²) < 4.78 is 0. The summed E-state index contributed by atoms with van der Waals surface area (Å²) in [4.78, 5) is 15.8. The highest BCUT2D eigenvalue weighted by Crippen LogP contribution is 2.26. The van der Waals surface area contributed by atoms with Crippen molar-refractivity contribution >= 4 is 22.7 Å². The van der Waals surface area contributed by atoms with Gasteiger partial charge in [-0.15, -0.1) is 0 Å². The molecular weight excluding hydrogens is 264 g/mol. The molecule has 1 aromatic heterocycles. The summed E-state index contributed by atoms with van der Waals surface area (Å²) in [6, 6.07) is 8.88. The van der Waals surface area contributed by atoms with E-state index in [1.807, 2.05) is 18.2 Å². The topological polar surface area (TPSA) is 62.2 Å². The highest BCUT2D eigenvalue weighted by Gasteiger charge is 2.23. The molecule has 2 rings (SSSR count). The van der Waals surface area contributed by atoms with Gasteiger partial charge in [0.1, 0.15) is 5.82 Å². The molecule has 2 N–H and O–H groups in total. The maximum atomic E-state index is 11.2. The van der Waals surface area contributed by atoms with Gasteiger partial charge in [0.15, 0.2) is 0 Å². The second kappa shape index (κ2) is 6.12. The van der Waals surface area contributed by atoms with Crippen LogP contribution in [0.3, 0.4) is 0 Å². The molecule has 0 aliphatic rings. The van der Waals surface area contributed by atoms with Crippen LogP contribution in [0.25, 0.3) is 10.9 Å². The van der Waals surface area contributed by atoms with E-state index in [-0.39, 0.29) is 5.54 Å². The van der Waals surface area contributed by atoms with Gasteiger partial charge in [0.25, 0.3) is 0 Å². The summed E-state index contributed by atoms with van der Waals surface area (Å²) in [5, 5.41) is 13.4. The number of benzene rings is 1. The van der Waals surface area contributed by atoms with E-state index in [1.165, 1.54) is 0 Å². The average molecular weight is 286 g/mol. The van der Waals surface area contributed by atoms with Crippen molar-refractivity contribution in [3.05, 3.63) is 35.9 Å². The van der Waals surface area contributed by atoms with Crippen LogP contribution < -0.4 is 5.32 Å². The molecule has 1 aromatic carbocycles. The number of pyridine rings is 1. The van der Waals surface area contributed by atoms with Gasteiger partial charge in [0.2, 0.25) is 0 Å². The van der Waals surface area contributed by atoms with Crippen molar-refractivity contribution < 1.29 is 9.90 Å². The van der Waals surface area contributed by atoms with Gasteiger partial charge in [-0.05, 0) is 43.5 Å². The first-order valence-electron chi connectivity index (χ1n) is 7.46. The molecular formula is C17H22N2O2. The number of anilines is 1. The Hall–Kier alpha value is -2.10. The first kappa shape index (κ1) is 15.3. The summed E-state index contributed by atoms with van der Waals surface area (Å²) in [5.74, 6) is -0.122. The zero-order valence-corrected chi connectivity index (χ0v) is 12.8. The van der Waals surface area contributed by atoms with Crippen molar-refractivity contribution in [3.8, 4) is 0 Å². The summed E-state index contributed by atoms with van der Waals surface area (Å²) >= 11 is 0. The largest absolute Gasteiger partial charge is 0.478 e. The molecule has 2 aromatic rings. The molecule has 4 heteroatoms. The van der Waals surface area contributed by atoms with Crippen LogP contribution in [0.15, 0.2) is 30.3 Å². The van der Waals surface area contributed by atoms with Crippen molar-refractivity contribution in [1.82, 2.24) is 4.98 Å². The van der Waals surface area contributed by atoms with Crippen molar-refractivity contribution in [2.24, 2.45) is 0 Å². The van der Waals surface area contributed by atoms with Crippen molar-refractivity contribution in [1.29, 1.82) is 0 Å². The van der Waals surface area contributed by atoms with Crippen LogP contribution in [-0.4, -0.2) is 21.6 Å². The fourth-order valence-corrected chi connectivity index (χ4v) is 2.70. The van der Waals surface area contributed by atoms with Crippen LogP contribution in [0, 0.1) is 0 Å². The minimum atomic E-state index is -0.923. The lowest BCUT2D eigenvalue weighted by Gasteiger charge is -2.32. The van der Waals surface area contributed by atoms with Crippen LogP contribution >= 0.6 is 0 Å². The summed E-state index contributed by atoms with van der Waals surface area (Å²) in [6.07, 6.45) is 3.07. The Morgan fingerprint density at radius 2 is 1.81 bits per heavy atom. The van der Waals surface area contributed by atoms with Gasteiger partial charge in [-0.2, -0.15) is 0 Å². The van der Waals surface area contributed by atoms with E-state index >= 15 is 0 Å². The number of carboxylic acid groups (broad SMARTS) is 1. The highest BCUT2D eigenvalue weighted by molar-refractivity contribution is 6.02. The predicted molar refractivity (Wildman–Crippen MR) is 85.9 cm³/mol. The zero-order chi connectivity index (χ0) is 15.5. The number of hydrogen-bond donors (Lipinski definition) is 2. The van der Waals surface area contributed by atoms with Crippen molar-refractivity contribution in [3.63, 3.8) is 0 Å². The maximum absolute atomic E-state index is 11.2. The lowest BCUT2D eigenvalue weighted by atomic mass is 9.90. The Kier molecular flexibility index (Phi) is 4.46. The highest BCUT2D eigenvalue weighted by atomic mass is 16.4. The number of aromatic carboxylic acids is 1.